The van der Waals surface area contributed by atoms with E-state index in [4.69, 9.17) is 0 Å². The Hall–Kier alpha value is -1.31. The fourth-order valence-electron chi connectivity index (χ4n) is 7.03. The van der Waals surface area contributed by atoms with Crippen LogP contribution in [0.2, 0.25) is 0 Å². The van der Waals surface area contributed by atoms with Gasteiger partial charge in [0.1, 0.15) is 0 Å². The average Bonchev–Trinajstić information content (AvgIpc) is 2.65. The molecule has 26 heavy (non-hydrogen) atoms. The van der Waals surface area contributed by atoms with Crippen LogP contribution in [0.5, 0.6) is 0 Å². The number of nitrogens with zero attached hydrogens (tertiary/aromatic N) is 1. The Morgan fingerprint density at radius 1 is 1.08 bits per heavy atom. The summed E-state index contributed by atoms with van der Waals surface area (Å²) < 4.78 is 0. The zero-order valence-electron chi connectivity index (χ0n) is 16.6. The van der Waals surface area contributed by atoms with Crippen molar-refractivity contribution in [1.29, 1.82) is 0 Å². The van der Waals surface area contributed by atoms with Crippen molar-refractivity contribution in [3.05, 3.63) is 35.4 Å². The first-order valence-electron chi connectivity index (χ1n) is 10.8. The van der Waals surface area contributed by atoms with E-state index in [-0.39, 0.29) is 10.8 Å². The number of likely N-dealkylation sites (tertiary alicyclic amines) is 1. The van der Waals surface area contributed by atoms with Crippen molar-refractivity contribution in [3.63, 3.8) is 0 Å². The third-order valence-electron chi connectivity index (χ3n) is 9.16. The van der Waals surface area contributed by atoms with Gasteiger partial charge in [0.25, 0.3) is 0 Å². The molecule has 5 aliphatic rings. The van der Waals surface area contributed by atoms with Crippen molar-refractivity contribution in [1.82, 2.24) is 4.90 Å². The van der Waals surface area contributed by atoms with Crippen LogP contribution in [-0.4, -0.2) is 23.4 Å². The van der Waals surface area contributed by atoms with Crippen molar-refractivity contribution >= 4 is 5.91 Å². The molecule has 0 aromatic heterocycles. The highest BCUT2D eigenvalue weighted by molar-refractivity contribution is 5.80. The Kier molecular flexibility index (Phi) is 3.62. The normalized spacial score (nSPS) is 40.2. The van der Waals surface area contributed by atoms with Crippen LogP contribution in [0.3, 0.4) is 0 Å². The summed E-state index contributed by atoms with van der Waals surface area (Å²) in [5, 5.41) is 0. The predicted molar refractivity (Wildman–Crippen MR) is 105 cm³/mol. The average molecular weight is 352 g/mol. The van der Waals surface area contributed by atoms with E-state index in [0.717, 1.165) is 25.3 Å². The van der Waals surface area contributed by atoms with Gasteiger partial charge in [-0.15, -0.1) is 0 Å². The van der Waals surface area contributed by atoms with Crippen LogP contribution in [-0.2, 0) is 16.6 Å². The molecule has 1 saturated heterocycles. The Labute approximate surface area is 158 Å². The Morgan fingerprint density at radius 3 is 2.50 bits per heavy atom. The van der Waals surface area contributed by atoms with Crippen molar-refractivity contribution < 1.29 is 4.79 Å². The molecule has 1 unspecified atom stereocenters. The Morgan fingerprint density at radius 2 is 1.81 bits per heavy atom. The minimum absolute atomic E-state index is 0.128. The maximum atomic E-state index is 13.7. The van der Waals surface area contributed by atoms with Crippen LogP contribution >= 0.6 is 0 Å². The van der Waals surface area contributed by atoms with E-state index in [2.05, 4.69) is 49.9 Å². The molecule has 4 aliphatic carbocycles. The molecule has 3 atom stereocenters. The number of carbonyl (C=O) groups is 1. The van der Waals surface area contributed by atoms with Gasteiger partial charge in [-0.05, 0) is 60.5 Å². The minimum Gasteiger partial charge on any atom is -0.339 e. The van der Waals surface area contributed by atoms with Crippen molar-refractivity contribution in [3.8, 4) is 0 Å². The van der Waals surface area contributed by atoms with Gasteiger partial charge in [0.15, 0.2) is 0 Å². The molecular formula is C24H33NO. The number of hydrogen-bond acceptors (Lipinski definition) is 1. The largest absolute Gasteiger partial charge is 0.339 e. The second-order valence-corrected chi connectivity index (χ2v) is 10.3. The molecule has 0 N–H and O–H groups in total. The highest BCUT2D eigenvalue weighted by Crippen LogP contribution is 2.56. The number of hydrogen-bond donors (Lipinski definition) is 0. The van der Waals surface area contributed by atoms with Gasteiger partial charge in [0.05, 0.1) is 0 Å². The molecule has 2 heteroatoms. The second-order valence-electron chi connectivity index (χ2n) is 10.3. The van der Waals surface area contributed by atoms with Crippen molar-refractivity contribution in [2.45, 2.75) is 77.2 Å². The number of carbonyl (C=O) groups excluding carboxylic acids is 1. The van der Waals surface area contributed by atoms with E-state index in [1.54, 1.807) is 0 Å². The summed E-state index contributed by atoms with van der Waals surface area (Å²) in [6.07, 6.45) is 8.63. The third-order valence-corrected chi connectivity index (χ3v) is 9.16. The van der Waals surface area contributed by atoms with E-state index in [1.165, 1.54) is 43.2 Å². The molecule has 1 aromatic rings. The SMILES string of the molecule is CC1(C)[C@@H]2Cc3ccccc3[C@]1(C)CCN2C(=O)C1CC2CCC1CC2. The Balaban J connectivity index is 1.49. The summed E-state index contributed by atoms with van der Waals surface area (Å²) in [6, 6.07) is 9.35. The first kappa shape index (κ1) is 16.8. The zero-order valence-corrected chi connectivity index (χ0v) is 16.6. The summed E-state index contributed by atoms with van der Waals surface area (Å²) in [6.45, 7) is 8.23. The van der Waals surface area contributed by atoms with Gasteiger partial charge >= 0.3 is 0 Å². The van der Waals surface area contributed by atoms with Crippen LogP contribution in [0.15, 0.2) is 24.3 Å². The van der Waals surface area contributed by atoms with Crippen LogP contribution in [0.4, 0.5) is 0 Å². The molecule has 3 saturated carbocycles. The molecule has 6 rings (SSSR count). The molecule has 4 bridgehead atoms. The molecule has 1 aromatic carbocycles. The molecule has 1 heterocycles. The number of amides is 1. The van der Waals surface area contributed by atoms with Crippen molar-refractivity contribution in [2.24, 2.45) is 23.2 Å². The molecule has 1 aliphatic heterocycles. The monoisotopic (exact) mass is 351 g/mol. The number of piperidine rings is 1. The molecule has 2 nitrogen and oxygen atoms in total. The lowest BCUT2D eigenvalue weighted by atomic mass is 9.51. The summed E-state index contributed by atoms with van der Waals surface area (Å²) in [4.78, 5) is 16.0. The van der Waals surface area contributed by atoms with Gasteiger partial charge in [-0.3, -0.25) is 4.79 Å². The van der Waals surface area contributed by atoms with Crippen molar-refractivity contribution in [2.75, 3.05) is 6.54 Å². The van der Waals surface area contributed by atoms with E-state index in [0.29, 0.717) is 23.8 Å². The highest BCUT2D eigenvalue weighted by atomic mass is 16.2. The topological polar surface area (TPSA) is 20.3 Å². The number of benzene rings is 1. The first-order chi connectivity index (χ1) is 12.4. The Bertz CT molecular complexity index is 729. The van der Waals surface area contributed by atoms with Gasteiger partial charge in [0.2, 0.25) is 5.91 Å². The van der Waals surface area contributed by atoms with E-state index < -0.39 is 0 Å². The molecule has 4 fully saturated rings. The third kappa shape index (κ3) is 2.14. The van der Waals surface area contributed by atoms with Gasteiger partial charge in [-0.1, -0.05) is 57.9 Å². The second kappa shape index (κ2) is 5.59. The lowest BCUT2D eigenvalue weighted by Crippen LogP contribution is -2.66. The van der Waals surface area contributed by atoms with Crippen LogP contribution in [0.25, 0.3) is 0 Å². The van der Waals surface area contributed by atoms with Crippen LogP contribution < -0.4 is 0 Å². The standard InChI is InChI=1S/C24H33NO/c1-23(2)21-15-18-6-4-5-7-20(18)24(23,3)12-13-25(21)22(26)19-14-16-8-10-17(19)11-9-16/h4-7,16-17,19,21H,8-15H2,1-3H3/t16?,17?,19?,21-,24-/m0/s1. The maximum absolute atomic E-state index is 13.7. The van der Waals surface area contributed by atoms with E-state index in [1.807, 2.05) is 0 Å². The number of fused-ring (bicyclic) bond motifs is 7. The smallest absolute Gasteiger partial charge is 0.226 e. The van der Waals surface area contributed by atoms with Gasteiger partial charge in [-0.2, -0.15) is 0 Å². The highest BCUT2D eigenvalue weighted by Gasteiger charge is 2.57. The summed E-state index contributed by atoms with van der Waals surface area (Å²) in [5.41, 5.74) is 3.31. The van der Waals surface area contributed by atoms with Gasteiger partial charge < -0.3 is 4.90 Å². The molecule has 0 radical (unpaired) electrons. The molecule has 0 spiro atoms. The maximum Gasteiger partial charge on any atom is 0.226 e. The lowest BCUT2D eigenvalue weighted by Gasteiger charge is -2.61. The fraction of sp³-hybridized carbons (Fsp3) is 0.708. The minimum atomic E-state index is 0.128. The first-order valence-corrected chi connectivity index (χ1v) is 10.8. The van der Waals surface area contributed by atoms with Crippen LogP contribution in [0, 0.1) is 23.2 Å². The summed E-state index contributed by atoms with van der Waals surface area (Å²) >= 11 is 0. The fourth-order valence-corrected chi connectivity index (χ4v) is 7.03. The zero-order chi connectivity index (χ0) is 18.1. The quantitative estimate of drug-likeness (QED) is 0.701. The lowest BCUT2D eigenvalue weighted by molar-refractivity contribution is -0.153. The van der Waals surface area contributed by atoms with Gasteiger partial charge in [0, 0.05) is 23.9 Å². The van der Waals surface area contributed by atoms with Gasteiger partial charge in [-0.25, -0.2) is 0 Å². The summed E-state index contributed by atoms with van der Waals surface area (Å²) in [5.74, 6) is 2.31. The number of rotatable bonds is 1. The molecular weight excluding hydrogens is 318 g/mol. The van der Waals surface area contributed by atoms with E-state index in [9.17, 15) is 4.79 Å². The molecule has 1 amide bonds. The van der Waals surface area contributed by atoms with Crippen LogP contribution in [0.1, 0.15) is 70.4 Å². The summed E-state index contributed by atoms with van der Waals surface area (Å²) in [7, 11) is 0. The van der Waals surface area contributed by atoms with E-state index >= 15 is 0 Å². The molecule has 140 valence electrons. The predicted octanol–water partition coefficient (Wildman–Crippen LogP) is 4.95.